The minimum absolute atomic E-state index is 0.0954. The van der Waals surface area contributed by atoms with Crippen molar-refractivity contribution < 1.29 is 0 Å². The smallest absolute Gasteiger partial charge is 0.138 e. The number of hydrogen-bond acceptors (Lipinski definition) is 4. The molecule has 0 amide bonds. The average Bonchev–Trinajstić information content (AvgIpc) is 2.86. The zero-order chi connectivity index (χ0) is 11.5. The summed E-state index contributed by atoms with van der Waals surface area (Å²) in [5.74, 6) is 0.913. The SMILES string of the molecule is CCn1ncnc1CC(N)c1ccnn1C. The molecule has 2 rings (SSSR count). The molecule has 6 heteroatoms. The van der Waals surface area contributed by atoms with Crippen LogP contribution in [0.25, 0.3) is 0 Å². The van der Waals surface area contributed by atoms with Gasteiger partial charge in [0.25, 0.3) is 0 Å². The van der Waals surface area contributed by atoms with Crippen molar-refractivity contribution in [1.82, 2.24) is 24.5 Å². The van der Waals surface area contributed by atoms with E-state index in [0.717, 1.165) is 18.1 Å². The minimum atomic E-state index is -0.0954. The number of hydrogen-bond donors (Lipinski definition) is 1. The molecule has 86 valence electrons. The predicted molar refractivity (Wildman–Crippen MR) is 59.5 cm³/mol. The highest BCUT2D eigenvalue weighted by Crippen LogP contribution is 2.13. The zero-order valence-corrected chi connectivity index (χ0v) is 9.54. The van der Waals surface area contributed by atoms with Crippen LogP contribution in [0, 0.1) is 0 Å². The molecule has 0 aromatic carbocycles. The summed E-state index contributed by atoms with van der Waals surface area (Å²) < 4.78 is 3.65. The molecule has 0 spiro atoms. The van der Waals surface area contributed by atoms with Gasteiger partial charge in [0.2, 0.25) is 0 Å². The molecule has 1 atom stereocenters. The van der Waals surface area contributed by atoms with E-state index >= 15 is 0 Å². The fourth-order valence-corrected chi connectivity index (χ4v) is 1.76. The molecular weight excluding hydrogens is 204 g/mol. The molecule has 0 aliphatic rings. The second-order valence-electron chi connectivity index (χ2n) is 3.68. The standard InChI is InChI=1S/C10H16N6/c1-3-16-10(12-7-14-16)6-8(11)9-4-5-13-15(9)2/h4-5,7-8H,3,6,11H2,1-2H3. The fraction of sp³-hybridized carbons (Fsp3) is 0.500. The van der Waals surface area contributed by atoms with E-state index < -0.39 is 0 Å². The van der Waals surface area contributed by atoms with Gasteiger partial charge in [-0.25, -0.2) is 4.98 Å². The summed E-state index contributed by atoms with van der Waals surface area (Å²) in [5.41, 5.74) is 7.12. The van der Waals surface area contributed by atoms with E-state index in [1.54, 1.807) is 17.2 Å². The van der Waals surface area contributed by atoms with Crippen molar-refractivity contribution >= 4 is 0 Å². The molecule has 0 aliphatic heterocycles. The second-order valence-corrected chi connectivity index (χ2v) is 3.68. The third-order valence-electron chi connectivity index (χ3n) is 2.64. The largest absolute Gasteiger partial charge is 0.322 e. The average molecular weight is 220 g/mol. The molecule has 2 aromatic rings. The lowest BCUT2D eigenvalue weighted by Crippen LogP contribution is -2.19. The van der Waals surface area contributed by atoms with Gasteiger partial charge in [0.15, 0.2) is 0 Å². The van der Waals surface area contributed by atoms with E-state index in [1.807, 2.05) is 24.7 Å². The Kier molecular flexibility index (Phi) is 3.00. The van der Waals surface area contributed by atoms with E-state index in [-0.39, 0.29) is 6.04 Å². The van der Waals surface area contributed by atoms with Crippen LogP contribution in [-0.4, -0.2) is 24.5 Å². The molecular formula is C10H16N6. The van der Waals surface area contributed by atoms with Crippen LogP contribution in [0.1, 0.15) is 24.5 Å². The summed E-state index contributed by atoms with van der Waals surface area (Å²) in [4.78, 5) is 4.21. The van der Waals surface area contributed by atoms with Crippen molar-refractivity contribution in [1.29, 1.82) is 0 Å². The van der Waals surface area contributed by atoms with E-state index in [0.29, 0.717) is 6.42 Å². The Morgan fingerprint density at radius 1 is 1.44 bits per heavy atom. The first-order valence-corrected chi connectivity index (χ1v) is 5.32. The Morgan fingerprint density at radius 2 is 2.25 bits per heavy atom. The first kappa shape index (κ1) is 10.8. The van der Waals surface area contributed by atoms with Gasteiger partial charge < -0.3 is 5.73 Å². The number of nitrogens with two attached hydrogens (primary N) is 1. The molecule has 0 fully saturated rings. The van der Waals surface area contributed by atoms with E-state index in [9.17, 15) is 0 Å². The van der Waals surface area contributed by atoms with Crippen molar-refractivity contribution in [3.63, 3.8) is 0 Å². The Hall–Kier alpha value is -1.69. The fourth-order valence-electron chi connectivity index (χ4n) is 1.76. The zero-order valence-electron chi connectivity index (χ0n) is 9.54. The summed E-state index contributed by atoms with van der Waals surface area (Å²) in [6.07, 6.45) is 3.99. The van der Waals surface area contributed by atoms with Gasteiger partial charge in [-0.2, -0.15) is 10.2 Å². The highest BCUT2D eigenvalue weighted by atomic mass is 15.3. The van der Waals surface area contributed by atoms with Crippen molar-refractivity contribution in [3.05, 3.63) is 30.1 Å². The summed E-state index contributed by atoms with van der Waals surface area (Å²) >= 11 is 0. The normalized spacial score (nSPS) is 12.9. The van der Waals surface area contributed by atoms with Crippen LogP contribution in [-0.2, 0) is 20.0 Å². The maximum Gasteiger partial charge on any atom is 0.138 e. The van der Waals surface area contributed by atoms with E-state index in [2.05, 4.69) is 15.2 Å². The molecule has 16 heavy (non-hydrogen) atoms. The van der Waals surface area contributed by atoms with Crippen molar-refractivity contribution in [2.24, 2.45) is 12.8 Å². The topological polar surface area (TPSA) is 74.6 Å². The summed E-state index contributed by atoms with van der Waals surface area (Å²) in [6.45, 7) is 2.85. The quantitative estimate of drug-likeness (QED) is 0.802. The highest BCUT2D eigenvalue weighted by Gasteiger charge is 2.13. The van der Waals surface area contributed by atoms with Gasteiger partial charge in [0.1, 0.15) is 12.2 Å². The van der Waals surface area contributed by atoms with Gasteiger partial charge >= 0.3 is 0 Å². The monoisotopic (exact) mass is 220 g/mol. The molecule has 2 N–H and O–H groups in total. The van der Waals surface area contributed by atoms with Gasteiger partial charge in [-0.3, -0.25) is 9.36 Å². The van der Waals surface area contributed by atoms with Crippen LogP contribution >= 0.6 is 0 Å². The van der Waals surface area contributed by atoms with Crippen LogP contribution < -0.4 is 5.73 Å². The molecule has 2 aromatic heterocycles. The van der Waals surface area contributed by atoms with Gasteiger partial charge in [0.05, 0.1) is 11.7 Å². The Morgan fingerprint density at radius 3 is 2.88 bits per heavy atom. The Balaban J connectivity index is 2.13. The van der Waals surface area contributed by atoms with E-state index in [1.165, 1.54) is 0 Å². The Bertz CT molecular complexity index is 457. The summed E-state index contributed by atoms with van der Waals surface area (Å²) in [7, 11) is 1.89. The third kappa shape index (κ3) is 1.96. The number of rotatable bonds is 4. The van der Waals surface area contributed by atoms with Crippen molar-refractivity contribution in [2.75, 3.05) is 0 Å². The number of aromatic nitrogens is 5. The van der Waals surface area contributed by atoms with Crippen molar-refractivity contribution in [3.8, 4) is 0 Å². The molecule has 0 aliphatic carbocycles. The lowest BCUT2D eigenvalue weighted by atomic mass is 10.1. The third-order valence-corrected chi connectivity index (χ3v) is 2.64. The van der Waals surface area contributed by atoms with Crippen LogP contribution in [0.3, 0.4) is 0 Å². The van der Waals surface area contributed by atoms with Gasteiger partial charge in [-0.15, -0.1) is 0 Å². The first-order valence-electron chi connectivity index (χ1n) is 5.32. The van der Waals surface area contributed by atoms with Crippen LogP contribution in [0.2, 0.25) is 0 Å². The molecule has 0 saturated carbocycles. The first-order chi connectivity index (χ1) is 7.72. The van der Waals surface area contributed by atoms with Crippen LogP contribution in [0.15, 0.2) is 18.6 Å². The highest BCUT2D eigenvalue weighted by molar-refractivity contribution is 5.08. The van der Waals surface area contributed by atoms with Gasteiger partial charge in [-0.1, -0.05) is 0 Å². The van der Waals surface area contributed by atoms with Crippen LogP contribution in [0.4, 0.5) is 0 Å². The second kappa shape index (κ2) is 4.44. The number of aryl methyl sites for hydroxylation is 2. The predicted octanol–water partition coefficient (Wildman–Crippen LogP) is 0.274. The summed E-state index contributed by atoms with van der Waals surface area (Å²) in [5, 5.41) is 8.22. The maximum atomic E-state index is 6.11. The molecule has 0 radical (unpaired) electrons. The Labute approximate surface area is 94.1 Å². The number of nitrogens with zero attached hydrogens (tertiary/aromatic N) is 5. The lowest BCUT2D eigenvalue weighted by Gasteiger charge is -2.11. The maximum absolute atomic E-state index is 6.11. The van der Waals surface area contributed by atoms with Crippen molar-refractivity contribution in [2.45, 2.75) is 25.9 Å². The lowest BCUT2D eigenvalue weighted by molar-refractivity contribution is 0.556. The summed E-state index contributed by atoms with van der Waals surface area (Å²) in [6, 6.07) is 1.83. The molecule has 2 heterocycles. The molecule has 1 unspecified atom stereocenters. The van der Waals surface area contributed by atoms with E-state index in [4.69, 9.17) is 5.73 Å². The van der Waals surface area contributed by atoms with Crippen LogP contribution in [0.5, 0.6) is 0 Å². The molecule has 0 saturated heterocycles. The molecule has 0 bridgehead atoms. The van der Waals surface area contributed by atoms with Gasteiger partial charge in [0, 0.05) is 26.2 Å². The minimum Gasteiger partial charge on any atom is -0.322 e. The molecule has 6 nitrogen and oxygen atoms in total. The van der Waals surface area contributed by atoms with Gasteiger partial charge in [-0.05, 0) is 13.0 Å².